The molecule has 0 aromatic heterocycles. The first-order chi connectivity index (χ1) is 12.2. The normalized spacial score (nSPS) is 27.7. The summed E-state index contributed by atoms with van der Waals surface area (Å²) in [4.78, 5) is 16.4. The first-order valence-electron chi connectivity index (χ1n) is 9.90. The van der Waals surface area contributed by atoms with Gasteiger partial charge in [-0.3, -0.25) is 4.99 Å². The number of hydrogen-bond donors (Lipinski definition) is 1. The van der Waals surface area contributed by atoms with E-state index in [1.54, 1.807) is 11.9 Å². The second-order valence-electron chi connectivity index (χ2n) is 7.57. The van der Waals surface area contributed by atoms with Gasteiger partial charge in [0.25, 0.3) is 0 Å². The molecule has 1 saturated heterocycles. The zero-order valence-electron chi connectivity index (χ0n) is 16.0. The fourth-order valence-corrected chi connectivity index (χ4v) is 4.79. The van der Waals surface area contributed by atoms with Gasteiger partial charge in [0.2, 0.25) is 0 Å². The van der Waals surface area contributed by atoms with Crippen molar-refractivity contribution in [1.29, 1.82) is 0 Å². The molecular weight excluding hydrogens is 330 g/mol. The van der Waals surface area contributed by atoms with E-state index in [0.29, 0.717) is 5.92 Å². The number of amidine groups is 1. The highest BCUT2D eigenvalue weighted by atomic mass is 32.2. The van der Waals surface area contributed by atoms with Gasteiger partial charge in [0.15, 0.2) is 0 Å². The molecule has 1 heterocycles. The van der Waals surface area contributed by atoms with Crippen molar-refractivity contribution in [3.05, 3.63) is 12.0 Å². The van der Waals surface area contributed by atoms with Gasteiger partial charge in [-0.25, -0.2) is 4.31 Å². The molecule has 0 amide bonds. The number of piperidine rings is 1. The van der Waals surface area contributed by atoms with Crippen LogP contribution < -0.4 is 5.32 Å². The molecule has 1 N–H and O–H groups in total. The van der Waals surface area contributed by atoms with Gasteiger partial charge in [-0.15, -0.1) is 0 Å². The number of nitrogens with one attached hydrogen (secondary N) is 1. The molecule has 0 atom stereocenters. The molecule has 2 rings (SSSR count). The molecule has 5 heteroatoms. The first-order valence-corrected chi connectivity index (χ1v) is 10.7. The summed E-state index contributed by atoms with van der Waals surface area (Å²) < 4.78 is 2.28. The lowest BCUT2D eigenvalue weighted by Crippen LogP contribution is -2.57. The third-order valence-corrected chi connectivity index (χ3v) is 6.69. The number of aldehydes is 1. The molecule has 2 aliphatic rings. The lowest BCUT2D eigenvalue weighted by Gasteiger charge is -2.40. The van der Waals surface area contributed by atoms with Crippen LogP contribution in [0.2, 0.25) is 0 Å². The van der Waals surface area contributed by atoms with Crippen LogP contribution in [-0.2, 0) is 4.79 Å². The molecule has 0 bridgehead atoms. The molecule has 4 nitrogen and oxygen atoms in total. The van der Waals surface area contributed by atoms with Gasteiger partial charge >= 0.3 is 0 Å². The van der Waals surface area contributed by atoms with Gasteiger partial charge in [-0.2, -0.15) is 0 Å². The molecule has 2 fully saturated rings. The van der Waals surface area contributed by atoms with E-state index >= 15 is 0 Å². The Morgan fingerprint density at radius 2 is 2.00 bits per heavy atom. The fraction of sp³-hybridized carbons (Fsp3) is 0.800. The number of carbonyl (C=O) groups is 1. The zero-order valence-corrected chi connectivity index (χ0v) is 16.8. The van der Waals surface area contributed by atoms with Gasteiger partial charge in [-0.05, 0) is 49.9 Å². The maximum Gasteiger partial charge on any atom is 0.145 e. The van der Waals surface area contributed by atoms with Crippen molar-refractivity contribution in [2.45, 2.75) is 70.3 Å². The fourth-order valence-electron chi connectivity index (χ4n) is 4.18. The molecular formula is C20H35N3OS. The lowest BCUT2D eigenvalue weighted by atomic mass is 9.78. The predicted octanol–water partition coefficient (Wildman–Crippen LogP) is 4.43. The Kier molecular flexibility index (Phi) is 8.50. The molecule has 0 aromatic rings. The van der Waals surface area contributed by atoms with E-state index in [9.17, 15) is 4.79 Å². The first kappa shape index (κ1) is 20.5. The summed E-state index contributed by atoms with van der Waals surface area (Å²) in [5.41, 5.74) is -0.438. The smallest absolute Gasteiger partial charge is 0.145 e. The van der Waals surface area contributed by atoms with Crippen LogP contribution in [0.25, 0.3) is 0 Å². The average Bonchev–Trinajstić information content (AvgIpc) is 2.67. The molecule has 25 heavy (non-hydrogen) atoms. The van der Waals surface area contributed by atoms with E-state index in [1.165, 1.54) is 44.9 Å². The second-order valence-corrected chi connectivity index (χ2v) is 8.63. The molecule has 0 radical (unpaired) electrons. The Labute approximate surface area is 158 Å². The summed E-state index contributed by atoms with van der Waals surface area (Å²) in [5, 5.41) is 5.44. The molecule has 142 valence electrons. The lowest BCUT2D eigenvalue weighted by molar-refractivity contribution is -0.114. The molecule has 1 aliphatic carbocycles. The van der Waals surface area contributed by atoms with Crippen LogP contribution in [0.3, 0.4) is 0 Å². The topological polar surface area (TPSA) is 44.7 Å². The molecule has 1 saturated carbocycles. The predicted molar refractivity (Wildman–Crippen MR) is 109 cm³/mol. The second kappa shape index (κ2) is 10.4. The molecule has 0 spiro atoms. The number of nitrogens with zero attached hydrogens (tertiary/aromatic N) is 2. The van der Waals surface area contributed by atoms with Crippen molar-refractivity contribution in [3.8, 4) is 0 Å². The number of rotatable bonds is 8. The van der Waals surface area contributed by atoms with Gasteiger partial charge in [0.05, 0.1) is 11.4 Å². The summed E-state index contributed by atoms with van der Waals surface area (Å²) >= 11 is 1.65. The zero-order chi connectivity index (χ0) is 18.1. The molecule has 1 aliphatic heterocycles. The minimum Gasteiger partial charge on any atom is -0.361 e. The quantitative estimate of drug-likeness (QED) is 0.299. The Morgan fingerprint density at radius 3 is 2.52 bits per heavy atom. The third-order valence-electron chi connectivity index (χ3n) is 5.88. The summed E-state index contributed by atoms with van der Waals surface area (Å²) in [6, 6.07) is 0. The largest absolute Gasteiger partial charge is 0.361 e. The van der Waals surface area contributed by atoms with Gasteiger partial charge in [0, 0.05) is 26.1 Å². The van der Waals surface area contributed by atoms with E-state index in [4.69, 9.17) is 0 Å². The highest BCUT2D eigenvalue weighted by Crippen LogP contribution is 2.33. The van der Waals surface area contributed by atoms with E-state index < -0.39 is 5.54 Å². The van der Waals surface area contributed by atoms with Crippen LogP contribution in [0.4, 0.5) is 0 Å². The van der Waals surface area contributed by atoms with Crippen LogP contribution in [0, 0.1) is 11.8 Å². The Morgan fingerprint density at radius 1 is 1.32 bits per heavy atom. The number of hydrogen-bond acceptors (Lipinski definition) is 4. The van der Waals surface area contributed by atoms with Crippen molar-refractivity contribution >= 4 is 24.1 Å². The number of unbranched alkanes of at least 4 members (excludes halogenated alkanes) is 1. The number of aliphatic imine (C=N–C) groups is 1. The van der Waals surface area contributed by atoms with Crippen molar-refractivity contribution in [3.63, 3.8) is 0 Å². The molecule has 0 unspecified atom stereocenters. The summed E-state index contributed by atoms with van der Waals surface area (Å²) in [5.74, 6) is 2.46. The van der Waals surface area contributed by atoms with Crippen LogP contribution >= 0.6 is 11.9 Å². The van der Waals surface area contributed by atoms with E-state index in [1.807, 2.05) is 12.5 Å². The highest BCUT2D eigenvalue weighted by Gasteiger charge is 2.37. The Hall–Kier alpha value is -0.810. The number of carbonyl (C=O) groups excluding carboxylic acids is 1. The van der Waals surface area contributed by atoms with Crippen LogP contribution in [0.1, 0.15) is 64.7 Å². The Bertz CT molecular complexity index is 450. The van der Waals surface area contributed by atoms with E-state index in [2.05, 4.69) is 28.1 Å². The SMILES string of the molecule is C=CSN1CCC(C=O)(NC(=NC)C2CCC(CCCC)CC2)CC1. The maximum absolute atomic E-state index is 11.9. The van der Waals surface area contributed by atoms with Crippen LogP contribution in [0.5, 0.6) is 0 Å². The summed E-state index contributed by atoms with van der Waals surface area (Å²) in [6.45, 7) is 7.86. The standard InChI is InChI=1S/C20H35N3OS/c1-4-6-7-17-8-10-18(11-9-17)19(21-3)22-20(16-24)12-14-23(15-13-20)25-5-2/h5,16-18H,2,4,6-15H2,1,3H3,(H,21,22). The minimum atomic E-state index is -0.438. The Balaban J connectivity index is 1.88. The maximum atomic E-state index is 11.9. The van der Waals surface area contributed by atoms with E-state index in [-0.39, 0.29) is 0 Å². The third kappa shape index (κ3) is 5.85. The van der Waals surface area contributed by atoms with Gasteiger partial charge in [0.1, 0.15) is 6.29 Å². The van der Waals surface area contributed by atoms with Crippen molar-refractivity contribution in [2.24, 2.45) is 16.8 Å². The van der Waals surface area contributed by atoms with Crippen LogP contribution in [-0.4, -0.2) is 42.1 Å². The highest BCUT2D eigenvalue weighted by molar-refractivity contribution is 7.99. The van der Waals surface area contributed by atoms with Gasteiger partial charge in [-0.1, -0.05) is 44.7 Å². The monoisotopic (exact) mass is 365 g/mol. The average molecular weight is 366 g/mol. The summed E-state index contributed by atoms with van der Waals surface area (Å²) in [6.07, 6.45) is 11.9. The van der Waals surface area contributed by atoms with Crippen molar-refractivity contribution < 1.29 is 4.79 Å². The summed E-state index contributed by atoms with van der Waals surface area (Å²) in [7, 11) is 1.87. The van der Waals surface area contributed by atoms with E-state index in [0.717, 1.165) is 44.0 Å². The van der Waals surface area contributed by atoms with Crippen molar-refractivity contribution in [2.75, 3.05) is 20.1 Å². The minimum absolute atomic E-state index is 0.438. The molecule has 0 aromatic carbocycles. The van der Waals surface area contributed by atoms with Gasteiger partial charge < -0.3 is 10.1 Å². The van der Waals surface area contributed by atoms with Crippen LogP contribution in [0.15, 0.2) is 17.0 Å². The van der Waals surface area contributed by atoms with Crippen molar-refractivity contribution in [1.82, 2.24) is 9.62 Å².